The van der Waals surface area contributed by atoms with E-state index in [0.717, 1.165) is 28.0 Å². The number of primary amides is 1. The van der Waals surface area contributed by atoms with Crippen LogP contribution in [0.4, 0.5) is 4.39 Å². The van der Waals surface area contributed by atoms with Crippen LogP contribution in [-0.2, 0) is 22.6 Å². The van der Waals surface area contributed by atoms with Crippen LogP contribution < -0.4 is 11.1 Å². The highest BCUT2D eigenvalue weighted by molar-refractivity contribution is 5.83. The van der Waals surface area contributed by atoms with Crippen molar-refractivity contribution in [2.24, 2.45) is 5.73 Å². The summed E-state index contributed by atoms with van der Waals surface area (Å²) in [6.07, 6.45) is 0. The highest BCUT2D eigenvalue weighted by atomic mass is 19.1. The molecule has 28 heavy (non-hydrogen) atoms. The monoisotopic (exact) mass is 384 g/mol. The van der Waals surface area contributed by atoms with Crippen molar-refractivity contribution in [1.82, 2.24) is 14.9 Å². The van der Waals surface area contributed by atoms with E-state index in [-0.39, 0.29) is 12.4 Å². The molecule has 0 fully saturated rings. The van der Waals surface area contributed by atoms with Crippen LogP contribution >= 0.6 is 0 Å². The third-order valence-electron chi connectivity index (χ3n) is 4.58. The van der Waals surface area contributed by atoms with E-state index in [1.165, 1.54) is 0 Å². The molecule has 7 heteroatoms. The normalized spacial score (nSPS) is 11.2. The number of nitrogens with zero attached hydrogens (tertiary/aromatic N) is 2. The summed E-state index contributed by atoms with van der Waals surface area (Å²) in [5, 5.41) is 3.00. The van der Waals surface area contributed by atoms with Gasteiger partial charge in [0, 0.05) is 13.2 Å². The van der Waals surface area contributed by atoms with E-state index in [0.29, 0.717) is 31.9 Å². The Hall–Kier alpha value is -2.77. The Kier molecular flexibility index (Phi) is 6.38. The second kappa shape index (κ2) is 8.95. The van der Waals surface area contributed by atoms with Crippen molar-refractivity contribution in [3.05, 3.63) is 53.6 Å². The van der Waals surface area contributed by atoms with Gasteiger partial charge in [0.2, 0.25) is 5.91 Å². The quantitative estimate of drug-likeness (QED) is 0.556. The molecule has 0 radical (unpaired) electrons. The number of imidazole rings is 1. The van der Waals surface area contributed by atoms with Crippen molar-refractivity contribution in [3.8, 4) is 11.1 Å². The van der Waals surface area contributed by atoms with Crippen LogP contribution in [0.3, 0.4) is 0 Å². The van der Waals surface area contributed by atoms with Gasteiger partial charge in [-0.1, -0.05) is 18.2 Å². The molecule has 148 valence electrons. The maximum atomic E-state index is 14.0. The van der Waals surface area contributed by atoms with E-state index in [2.05, 4.69) is 14.9 Å². The number of rotatable bonds is 9. The molecule has 6 nitrogen and oxygen atoms in total. The minimum Gasteiger partial charge on any atom is -0.380 e. The zero-order valence-electron chi connectivity index (χ0n) is 16.2. The summed E-state index contributed by atoms with van der Waals surface area (Å²) >= 11 is 0. The number of nitrogens with two attached hydrogens (primary N) is 1. The van der Waals surface area contributed by atoms with Gasteiger partial charge in [-0.25, -0.2) is 9.37 Å². The third-order valence-corrected chi connectivity index (χ3v) is 4.58. The molecule has 0 unspecified atom stereocenters. The van der Waals surface area contributed by atoms with E-state index in [4.69, 9.17) is 10.5 Å². The van der Waals surface area contributed by atoms with Gasteiger partial charge in [-0.3, -0.25) is 4.79 Å². The first kappa shape index (κ1) is 20.0. The molecule has 0 aliphatic rings. The number of carbonyl (C=O) groups is 1. The van der Waals surface area contributed by atoms with Crippen LogP contribution in [0.5, 0.6) is 0 Å². The van der Waals surface area contributed by atoms with E-state index in [1.807, 2.05) is 31.2 Å². The molecule has 3 N–H and O–H groups in total. The number of benzene rings is 2. The summed E-state index contributed by atoms with van der Waals surface area (Å²) in [7, 11) is 0. The number of carbonyl (C=O) groups excluding carboxylic acids is 1. The van der Waals surface area contributed by atoms with Gasteiger partial charge in [0.05, 0.1) is 30.7 Å². The smallest absolute Gasteiger partial charge is 0.231 e. The summed E-state index contributed by atoms with van der Waals surface area (Å²) in [6, 6.07) is 11.1. The molecule has 3 rings (SSSR count). The second-order valence-electron chi connectivity index (χ2n) is 6.61. The van der Waals surface area contributed by atoms with Gasteiger partial charge in [-0.05, 0) is 48.7 Å². The fourth-order valence-electron chi connectivity index (χ4n) is 3.11. The second-order valence-corrected chi connectivity index (χ2v) is 6.61. The molecule has 1 heterocycles. The molecule has 0 saturated heterocycles. The highest BCUT2D eigenvalue weighted by Crippen LogP contribution is 2.26. The first-order chi connectivity index (χ1) is 13.5. The van der Waals surface area contributed by atoms with Crippen molar-refractivity contribution in [2.75, 3.05) is 19.8 Å². The van der Waals surface area contributed by atoms with Crippen molar-refractivity contribution < 1.29 is 13.9 Å². The maximum absolute atomic E-state index is 14.0. The molecular formula is C21H25FN4O2. The van der Waals surface area contributed by atoms with Crippen molar-refractivity contribution in [3.63, 3.8) is 0 Å². The van der Waals surface area contributed by atoms with Gasteiger partial charge in [0.25, 0.3) is 0 Å². The summed E-state index contributed by atoms with van der Waals surface area (Å²) in [5.74, 6) is 0.155. The number of halogens is 1. The van der Waals surface area contributed by atoms with E-state index >= 15 is 0 Å². The molecule has 0 aliphatic heterocycles. The van der Waals surface area contributed by atoms with Crippen LogP contribution in [0.25, 0.3) is 22.2 Å². The van der Waals surface area contributed by atoms with Gasteiger partial charge in [-0.15, -0.1) is 0 Å². The largest absolute Gasteiger partial charge is 0.380 e. The fourth-order valence-corrected chi connectivity index (χ4v) is 3.11. The first-order valence-electron chi connectivity index (χ1n) is 9.32. The number of fused-ring (bicyclic) bond motifs is 1. The third kappa shape index (κ3) is 4.55. The summed E-state index contributed by atoms with van der Waals surface area (Å²) in [6.45, 7) is 6.01. The van der Waals surface area contributed by atoms with Crippen LogP contribution in [0.2, 0.25) is 0 Å². The zero-order chi connectivity index (χ0) is 20.1. The lowest BCUT2D eigenvalue weighted by molar-refractivity contribution is -0.117. The van der Waals surface area contributed by atoms with Gasteiger partial charge in [-0.2, -0.15) is 0 Å². The Morgan fingerprint density at radius 2 is 2.00 bits per heavy atom. The Labute approximate surface area is 163 Å². The molecule has 1 amide bonds. The number of aromatic nitrogens is 2. The van der Waals surface area contributed by atoms with E-state index in [1.54, 1.807) is 19.1 Å². The predicted octanol–water partition coefficient (Wildman–Crippen LogP) is 2.76. The Bertz CT molecular complexity index is 984. The average molecular weight is 384 g/mol. The lowest BCUT2D eigenvalue weighted by Gasteiger charge is -2.10. The Balaban J connectivity index is 1.97. The first-order valence-corrected chi connectivity index (χ1v) is 9.32. The number of hydrogen-bond donors (Lipinski definition) is 2. The van der Waals surface area contributed by atoms with Crippen LogP contribution in [0, 0.1) is 12.7 Å². The van der Waals surface area contributed by atoms with Crippen molar-refractivity contribution >= 4 is 16.9 Å². The molecule has 0 bridgehead atoms. The molecule has 0 saturated carbocycles. The van der Waals surface area contributed by atoms with Crippen molar-refractivity contribution in [1.29, 1.82) is 0 Å². The van der Waals surface area contributed by atoms with Crippen LogP contribution in [-0.4, -0.2) is 35.2 Å². The molecule has 1 aromatic heterocycles. The van der Waals surface area contributed by atoms with Gasteiger partial charge in [0.15, 0.2) is 0 Å². The lowest BCUT2D eigenvalue weighted by atomic mass is 10.0. The highest BCUT2D eigenvalue weighted by Gasteiger charge is 2.13. The van der Waals surface area contributed by atoms with Crippen LogP contribution in [0.15, 0.2) is 36.4 Å². The van der Waals surface area contributed by atoms with Gasteiger partial charge >= 0.3 is 0 Å². The van der Waals surface area contributed by atoms with E-state index < -0.39 is 5.91 Å². The van der Waals surface area contributed by atoms with Gasteiger partial charge < -0.3 is 20.4 Å². The zero-order valence-corrected chi connectivity index (χ0v) is 16.2. The fraction of sp³-hybridized carbons (Fsp3) is 0.333. The SMILES string of the molecule is CCOCCn1c(CNCC(N)=O)nc2ccc(-c3ccc(C)c(F)c3)cc21. The van der Waals surface area contributed by atoms with E-state index in [9.17, 15) is 9.18 Å². The average Bonchev–Trinajstić information content (AvgIpc) is 3.01. The predicted molar refractivity (Wildman–Crippen MR) is 107 cm³/mol. The molecular weight excluding hydrogens is 359 g/mol. The number of ether oxygens (including phenoxy) is 1. The number of hydrogen-bond acceptors (Lipinski definition) is 4. The Morgan fingerprint density at radius 1 is 1.25 bits per heavy atom. The number of nitrogens with one attached hydrogen (secondary N) is 1. The lowest BCUT2D eigenvalue weighted by Crippen LogP contribution is -2.29. The number of amides is 1. The molecule has 0 spiro atoms. The minimum absolute atomic E-state index is 0.0859. The molecule has 3 aromatic rings. The number of aryl methyl sites for hydroxylation is 1. The summed E-state index contributed by atoms with van der Waals surface area (Å²) in [5.41, 5.74) is 9.32. The molecule has 0 atom stereocenters. The van der Waals surface area contributed by atoms with Gasteiger partial charge in [0.1, 0.15) is 11.6 Å². The maximum Gasteiger partial charge on any atom is 0.231 e. The summed E-state index contributed by atoms with van der Waals surface area (Å²) < 4.78 is 21.6. The molecule has 2 aromatic carbocycles. The molecule has 0 aliphatic carbocycles. The van der Waals surface area contributed by atoms with Crippen molar-refractivity contribution in [2.45, 2.75) is 26.9 Å². The summed E-state index contributed by atoms with van der Waals surface area (Å²) in [4.78, 5) is 15.7. The standard InChI is InChI=1S/C21H25FN4O2/c1-3-28-9-8-26-19-11-16(15-5-4-14(2)17(22)10-15)6-7-18(19)25-21(26)13-24-12-20(23)27/h4-7,10-11,24H,3,8-9,12-13H2,1-2H3,(H2,23,27). The van der Waals surface area contributed by atoms with Crippen LogP contribution in [0.1, 0.15) is 18.3 Å². The minimum atomic E-state index is -0.416. The topological polar surface area (TPSA) is 82.2 Å². The Morgan fingerprint density at radius 3 is 2.71 bits per heavy atom.